The summed E-state index contributed by atoms with van der Waals surface area (Å²) in [6.45, 7) is 0.0745. The van der Waals surface area contributed by atoms with Gasteiger partial charge in [0, 0.05) is 13.0 Å². The number of carbonyl (C=O) groups is 3. The minimum Gasteiger partial charge on any atom is -0.504 e. The normalized spacial score (nSPS) is 8.77. The Morgan fingerprint density at radius 3 is 1.95 bits per heavy atom. The molecule has 0 heterocycles. The molecular weight excluding hydrogens is 304 g/mol. The zero-order chi connectivity index (χ0) is 16.4. The molecule has 0 saturated carbocycles. The zero-order valence-corrected chi connectivity index (χ0v) is 11.2. The standard InChI is InChI=1S/C10H12O5.C2H2O4.H2O/c11-4-1-5-15-10(14)7-2-3-8(12)9(13)6-7;3-1(4)2(5)6;/h2-3,6,11-13H,1,4-5H2;(H,3,4)(H,5,6);1H2. The van der Waals surface area contributed by atoms with Crippen LogP contribution in [0.25, 0.3) is 0 Å². The summed E-state index contributed by atoms with van der Waals surface area (Å²) in [6.07, 6.45) is 0.371. The largest absolute Gasteiger partial charge is 0.504 e. The lowest BCUT2D eigenvalue weighted by Gasteiger charge is -2.04. The number of aliphatic hydroxyl groups excluding tert-OH is 1. The average molecular weight is 320 g/mol. The Morgan fingerprint density at radius 2 is 1.55 bits per heavy atom. The molecule has 0 saturated heterocycles. The third-order valence-electron chi connectivity index (χ3n) is 1.93. The van der Waals surface area contributed by atoms with Gasteiger partial charge < -0.3 is 35.7 Å². The summed E-state index contributed by atoms with van der Waals surface area (Å²) in [5.74, 6) is -4.91. The number of carboxylic acid groups (broad SMARTS) is 2. The minimum absolute atomic E-state index is 0. The van der Waals surface area contributed by atoms with E-state index in [-0.39, 0.29) is 35.8 Å². The monoisotopic (exact) mass is 320 g/mol. The summed E-state index contributed by atoms with van der Waals surface area (Å²) in [5, 5.41) is 41.4. The van der Waals surface area contributed by atoms with Gasteiger partial charge in [0.1, 0.15) is 0 Å². The van der Waals surface area contributed by atoms with Crippen LogP contribution in [0.3, 0.4) is 0 Å². The Kier molecular flexibility index (Phi) is 10.6. The van der Waals surface area contributed by atoms with Gasteiger partial charge in [0.05, 0.1) is 12.2 Å². The number of rotatable bonds is 4. The molecule has 0 aliphatic heterocycles. The van der Waals surface area contributed by atoms with Crippen molar-refractivity contribution >= 4 is 17.9 Å². The van der Waals surface area contributed by atoms with Crippen molar-refractivity contribution in [3.05, 3.63) is 23.8 Å². The minimum atomic E-state index is -1.82. The van der Waals surface area contributed by atoms with E-state index in [0.29, 0.717) is 6.42 Å². The first-order chi connectivity index (χ1) is 9.79. The van der Waals surface area contributed by atoms with Crippen LogP contribution in [0.15, 0.2) is 18.2 Å². The number of benzene rings is 1. The third kappa shape index (κ3) is 8.35. The van der Waals surface area contributed by atoms with Gasteiger partial charge in [-0.1, -0.05) is 0 Å². The first-order valence-electron chi connectivity index (χ1n) is 5.55. The molecule has 10 heteroatoms. The average Bonchev–Trinajstić information content (AvgIpc) is 2.42. The second kappa shape index (κ2) is 10.9. The highest BCUT2D eigenvalue weighted by Crippen LogP contribution is 2.25. The van der Waals surface area contributed by atoms with Crippen LogP contribution in [0, 0.1) is 0 Å². The lowest BCUT2D eigenvalue weighted by molar-refractivity contribution is -0.159. The molecule has 0 unspecified atom stereocenters. The fourth-order valence-electron chi connectivity index (χ4n) is 0.963. The molecular formula is C12H16O10. The number of carboxylic acids is 2. The maximum Gasteiger partial charge on any atom is 0.414 e. The van der Waals surface area contributed by atoms with E-state index in [1.165, 1.54) is 12.1 Å². The fourth-order valence-corrected chi connectivity index (χ4v) is 0.963. The molecule has 0 aliphatic rings. The highest BCUT2D eigenvalue weighted by atomic mass is 16.5. The molecule has 7 N–H and O–H groups in total. The molecule has 0 fully saturated rings. The van der Waals surface area contributed by atoms with Crippen molar-refractivity contribution in [1.29, 1.82) is 0 Å². The first-order valence-corrected chi connectivity index (χ1v) is 5.55. The van der Waals surface area contributed by atoms with E-state index in [9.17, 15) is 4.79 Å². The van der Waals surface area contributed by atoms with Crippen molar-refractivity contribution in [3.8, 4) is 11.5 Å². The Morgan fingerprint density at radius 1 is 1.00 bits per heavy atom. The van der Waals surface area contributed by atoms with Crippen LogP contribution in [0.5, 0.6) is 11.5 Å². The Balaban J connectivity index is 0. The number of aliphatic hydroxyl groups is 1. The van der Waals surface area contributed by atoms with Crippen LogP contribution in [-0.4, -0.2) is 62.1 Å². The molecule has 0 amide bonds. The van der Waals surface area contributed by atoms with Crippen molar-refractivity contribution in [1.82, 2.24) is 0 Å². The number of hydrogen-bond donors (Lipinski definition) is 5. The number of aliphatic carboxylic acids is 2. The van der Waals surface area contributed by atoms with Gasteiger partial charge in [0.25, 0.3) is 0 Å². The van der Waals surface area contributed by atoms with Crippen LogP contribution in [-0.2, 0) is 14.3 Å². The van der Waals surface area contributed by atoms with Gasteiger partial charge in [-0.15, -0.1) is 0 Å². The molecule has 0 aromatic heterocycles. The van der Waals surface area contributed by atoms with Crippen LogP contribution in [0.4, 0.5) is 0 Å². The molecule has 22 heavy (non-hydrogen) atoms. The Hall–Kier alpha value is -2.85. The van der Waals surface area contributed by atoms with E-state index in [1.54, 1.807) is 0 Å². The van der Waals surface area contributed by atoms with Gasteiger partial charge in [0.15, 0.2) is 11.5 Å². The molecule has 1 aromatic rings. The smallest absolute Gasteiger partial charge is 0.414 e. The molecule has 0 radical (unpaired) electrons. The summed E-state index contributed by atoms with van der Waals surface area (Å²) in [4.78, 5) is 29.5. The number of phenols is 2. The summed E-state index contributed by atoms with van der Waals surface area (Å²) in [7, 11) is 0. The van der Waals surface area contributed by atoms with Crippen molar-refractivity contribution in [2.24, 2.45) is 0 Å². The highest BCUT2D eigenvalue weighted by Gasteiger charge is 2.09. The molecule has 124 valence electrons. The molecule has 0 aliphatic carbocycles. The lowest BCUT2D eigenvalue weighted by Crippen LogP contribution is -2.09. The number of ether oxygens (including phenoxy) is 1. The number of esters is 1. The first kappa shape index (κ1) is 21.4. The van der Waals surface area contributed by atoms with Crippen LogP contribution in [0.2, 0.25) is 0 Å². The SMILES string of the molecule is O.O=C(O)C(=O)O.O=C(OCCCO)c1ccc(O)c(O)c1. The van der Waals surface area contributed by atoms with Gasteiger partial charge >= 0.3 is 17.9 Å². The van der Waals surface area contributed by atoms with E-state index >= 15 is 0 Å². The number of carbonyl (C=O) groups excluding carboxylic acids is 1. The molecule has 0 bridgehead atoms. The fraction of sp³-hybridized carbons (Fsp3) is 0.250. The lowest BCUT2D eigenvalue weighted by atomic mass is 10.2. The Bertz CT molecular complexity index is 499. The second-order valence-electron chi connectivity index (χ2n) is 3.53. The van der Waals surface area contributed by atoms with E-state index in [4.69, 9.17) is 39.9 Å². The van der Waals surface area contributed by atoms with Crippen molar-refractivity contribution in [2.75, 3.05) is 13.2 Å². The van der Waals surface area contributed by atoms with Crippen LogP contribution < -0.4 is 0 Å². The molecule has 1 rings (SSSR count). The molecule has 1 aromatic carbocycles. The maximum absolute atomic E-state index is 11.3. The zero-order valence-electron chi connectivity index (χ0n) is 11.2. The predicted molar refractivity (Wildman–Crippen MR) is 70.6 cm³/mol. The second-order valence-corrected chi connectivity index (χ2v) is 3.53. The number of aromatic hydroxyl groups is 2. The van der Waals surface area contributed by atoms with E-state index in [2.05, 4.69) is 0 Å². The summed E-state index contributed by atoms with van der Waals surface area (Å²) < 4.78 is 4.77. The van der Waals surface area contributed by atoms with Crippen molar-refractivity contribution in [2.45, 2.75) is 6.42 Å². The highest BCUT2D eigenvalue weighted by molar-refractivity contribution is 6.27. The van der Waals surface area contributed by atoms with Gasteiger partial charge in [-0.2, -0.15) is 0 Å². The molecule has 0 spiro atoms. The van der Waals surface area contributed by atoms with Crippen molar-refractivity contribution < 1.29 is 50.1 Å². The maximum atomic E-state index is 11.3. The predicted octanol–water partition coefficient (Wildman–Crippen LogP) is -1.03. The van der Waals surface area contributed by atoms with Crippen LogP contribution in [0.1, 0.15) is 16.8 Å². The van der Waals surface area contributed by atoms with Crippen molar-refractivity contribution in [3.63, 3.8) is 0 Å². The summed E-state index contributed by atoms with van der Waals surface area (Å²) in [5.41, 5.74) is 0.156. The summed E-state index contributed by atoms with van der Waals surface area (Å²) in [6, 6.07) is 3.67. The summed E-state index contributed by atoms with van der Waals surface area (Å²) >= 11 is 0. The van der Waals surface area contributed by atoms with E-state index in [0.717, 1.165) is 6.07 Å². The third-order valence-corrected chi connectivity index (χ3v) is 1.93. The topological polar surface area (TPSA) is 193 Å². The van der Waals surface area contributed by atoms with E-state index < -0.39 is 17.9 Å². The molecule has 10 nitrogen and oxygen atoms in total. The van der Waals surface area contributed by atoms with Gasteiger partial charge in [-0.25, -0.2) is 14.4 Å². The Labute approximate surface area is 124 Å². The van der Waals surface area contributed by atoms with Gasteiger partial charge in [-0.05, 0) is 18.2 Å². The number of phenolic OH excluding ortho intramolecular Hbond substituents is 2. The number of hydrogen-bond acceptors (Lipinski definition) is 7. The quantitative estimate of drug-likeness (QED) is 0.199. The van der Waals surface area contributed by atoms with Gasteiger partial charge in [0.2, 0.25) is 0 Å². The molecule has 0 atom stereocenters. The van der Waals surface area contributed by atoms with E-state index in [1.807, 2.05) is 0 Å². The van der Waals surface area contributed by atoms with Gasteiger partial charge in [-0.3, -0.25) is 0 Å². The van der Waals surface area contributed by atoms with Crippen LogP contribution >= 0.6 is 0 Å².